The lowest BCUT2D eigenvalue weighted by Gasteiger charge is -2.18. The van der Waals surface area contributed by atoms with E-state index < -0.39 is 21.8 Å². The predicted molar refractivity (Wildman–Crippen MR) is 192 cm³/mol. The Balaban J connectivity index is 1.48. The van der Waals surface area contributed by atoms with E-state index in [9.17, 15) is 22.8 Å². The second-order valence-electron chi connectivity index (χ2n) is 12.3. The highest BCUT2D eigenvalue weighted by atomic mass is 32.2. The minimum absolute atomic E-state index is 0.00637. The number of ketones is 1. The lowest BCUT2D eigenvalue weighted by Crippen LogP contribution is -2.37. The summed E-state index contributed by atoms with van der Waals surface area (Å²) >= 11 is 0. The topological polar surface area (TPSA) is 109 Å². The molecule has 1 atom stereocenters. The number of unbranched alkanes of at least 4 members (excludes halogenated alkanes) is 2. The molecule has 4 rings (SSSR count). The van der Waals surface area contributed by atoms with Crippen LogP contribution in [0.3, 0.4) is 0 Å². The number of nitrogens with one attached hydrogen (secondary N) is 2. The zero-order valence-corrected chi connectivity index (χ0v) is 28.9. The minimum atomic E-state index is -4.12. The summed E-state index contributed by atoms with van der Waals surface area (Å²) in [6.07, 6.45) is 5.91. The Hall–Kier alpha value is -4.56. The molecule has 0 radical (unpaired) electrons. The molecule has 4 aromatic rings. The molecule has 4 aromatic carbocycles. The van der Waals surface area contributed by atoms with Crippen molar-refractivity contribution in [2.45, 2.75) is 83.5 Å². The molecule has 8 heteroatoms. The first-order valence-electron chi connectivity index (χ1n) is 16.8. The fourth-order valence-electron chi connectivity index (χ4n) is 5.60. The summed E-state index contributed by atoms with van der Waals surface area (Å²) < 4.78 is 28.7. The van der Waals surface area contributed by atoms with Crippen molar-refractivity contribution in [1.29, 1.82) is 0 Å². The fraction of sp³-hybridized carbons (Fsp3) is 0.325. The van der Waals surface area contributed by atoms with E-state index in [0.717, 1.165) is 65.6 Å². The molecule has 0 aliphatic heterocycles. The highest BCUT2D eigenvalue weighted by Crippen LogP contribution is 2.26. The summed E-state index contributed by atoms with van der Waals surface area (Å²) in [7, 11) is -4.12. The van der Waals surface area contributed by atoms with Crippen LogP contribution in [0.1, 0.15) is 85.8 Å². The average Bonchev–Trinajstić information content (AvgIpc) is 3.08. The number of Topliss-reactive ketones (excluding diaryl/α,β-unsaturated/α-hetero) is 1. The van der Waals surface area contributed by atoms with Crippen molar-refractivity contribution in [3.63, 3.8) is 0 Å². The molecule has 1 unspecified atom stereocenters. The quantitative estimate of drug-likeness (QED) is 0.110. The molecular formula is C40H46N2O5S. The SMILES string of the molecule is CCCCC(=O)Nc1ccc(-c2ccc(C(=O)CC(CCc3ccccc3)C(=O)NS(=O)(=O)c3ccc(CCCC)cc3)c(C)c2)cc1. The van der Waals surface area contributed by atoms with Gasteiger partial charge in [-0.1, -0.05) is 99.5 Å². The van der Waals surface area contributed by atoms with Crippen LogP contribution >= 0.6 is 0 Å². The molecule has 0 bridgehead atoms. The van der Waals surface area contributed by atoms with Gasteiger partial charge in [0.25, 0.3) is 10.0 Å². The monoisotopic (exact) mass is 666 g/mol. The summed E-state index contributed by atoms with van der Waals surface area (Å²) in [5.74, 6) is -1.77. The lowest BCUT2D eigenvalue weighted by atomic mass is 9.89. The van der Waals surface area contributed by atoms with E-state index in [1.807, 2.05) is 80.6 Å². The molecule has 2 N–H and O–H groups in total. The van der Waals surface area contributed by atoms with Crippen LogP contribution in [0.25, 0.3) is 11.1 Å². The van der Waals surface area contributed by atoms with E-state index in [2.05, 4.69) is 17.0 Å². The number of amides is 2. The summed E-state index contributed by atoms with van der Waals surface area (Å²) in [5.41, 5.74) is 5.87. The Labute approximate surface area is 285 Å². The number of carbonyl (C=O) groups is 3. The zero-order valence-electron chi connectivity index (χ0n) is 28.1. The molecule has 0 spiro atoms. The molecule has 2 amide bonds. The molecule has 7 nitrogen and oxygen atoms in total. The first-order chi connectivity index (χ1) is 23.1. The predicted octanol–water partition coefficient (Wildman–Crippen LogP) is 8.46. The minimum Gasteiger partial charge on any atom is -0.326 e. The fourth-order valence-corrected chi connectivity index (χ4v) is 6.64. The van der Waals surface area contributed by atoms with E-state index in [0.29, 0.717) is 24.8 Å². The summed E-state index contributed by atoms with van der Waals surface area (Å²) in [4.78, 5) is 39.3. The number of benzene rings is 4. The molecule has 48 heavy (non-hydrogen) atoms. The standard InChI is InChI=1S/C40H46N2O5S/c1-4-6-11-31-16-24-36(25-17-31)48(46,47)42-40(45)34(18-15-30-12-9-8-10-13-30)28-38(43)37-26-21-33(27-29(37)3)32-19-22-35(23-20-32)41-39(44)14-7-5-2/h8-10,12-13,16-17,19-27,34H,4-7,11,14-15,18,28H2,1-3H3,(H,41,44)(H,42,45). The van der Waals surface area contributed by atoms with Gasteiger partial charge in [-0.15, -0.1) is 0 Å². The molecule has 252 valence electrons. The molecule has 0 saturated heterocycles. The van der Waals surface area contributed by atoms with E-state index in [1.54, 1.807) is 18.2 Å². The van der Waals surface area contributed by atoms with Crippen LogP contribution in [-0.2, 0) is 32.5 Å². The number of carbonyl (C=O) groups excluding carboxylic acids is 3. The largest absolute Gasteiger partial charge is 0.326 e. The second kappa shape index (κ2) is 17.6. The number of hydrogen-bond acceptors (Lipinski definition) is 5. The Morgan fingerprint density at radius 2 is 1.38 bits per heavy atom. The van der Waals surface area contributed by atoms with Crippen LogP contribution in [0.15, 0.2) is 102 Å². The molecule has 0 saturated carbocycles. The van der Waals surface area contributed by atoms with Crippen LogP contribution in [0.5, 0.6) is 0 Å². The van der Waals surface area contributed by atoms with Crippen LogP contribution < -0.4 is 10.0 Å². The second-order valence-corrected chi connectivity index (χ2v) is 14.0. The van der Waals surface area contributed by atoms with E-state index in [4.69, 9.17) is 0 Å². The Bertz CT molecular complexity index is 1780. The van der Waals surface area contributed by atoms with E-state index in [1.165, 1.54) is 12.1 Å². The van der Waals surface area contributed by atoms with Gasteiger partial charge in [0, 0.05) is 30.0 Å². The molecule has 0 heterocycles. The van der Waals surface area contributed by atoms with Crippen molar-refractivity contribution in [3.8, 4) is 11.1 Å². The molecular weight excluding hydrogens is 621 g/mol. The van der Waals surface area contributed by atoms with Crippen LogP contribution in [0.4, 0.5) is 5.69 Å². The van der Waals surface area contributed by atoms with Crippen LogP contribution in [0.2, 0.25) is 0 Å². The van der Waals surface area contributed by atoms with Crippen molar-refractivity contribution < 1.29 is 22.8 Å². The third-order valence-electron chi connectivity index (χ3n) is 8.50. The number of anilines is 1. The first kappa shape index (κ1) is 36.3. The smallest absolute Gasteiger partial charge is 0.264 e. The highest BCUT2D eigenvalue weighted by molar-refractivity contribution is 7.90. The van der Waals surface area contributed by atoms with Gasteiger partial charge in [0.15, 0.2) is 5.78 Å². The lowest BCUT2D eigenvalue weighted by molar-refractivity contribution is -0.123. The summed E-state index contributed by atoms with van der Waals surface area (Å²) in [5, 5.41) is 2.92. The molecule has 0 aliphatic carbocycles. The van der Waals surface area contributed by atoms with E-state index >= 15 is 0 Å². The Kier molecular flexibility index (Phi) is 13.3. The Morgan fingerprint density at radius 1 is 0.729 bits per heavy atom. The van der Waals surface area contributed by atoms with Gasteiger partial charge in [0.1, 0.15) is 0 Å². The maximum atomic E-state index is 13.7. The Morgan fingerprint density at radius 3 is 2.02 bits per heavy atom. The molecule has 0 aliphatic rings. The van der Waals surface area contributed by atoms with Gasteiger partial charge in [-0.3, -0.25) is 14.4 Å². The summed E-state index contributed by atoms with van der Waals surface area (Å²) in [6, 6.07) is 29.3. The van der Waals surface area contributed by atoms with Gasteiger partial charge < -0.3 is 5.32 Å². The van der Waals surface area contributed by atoms with Crippen molar-refractivity contribution in [3.05, 3.63) is 119 Å². The third-order valence-corrected chi connectivity index (χ3v) is 9.86. The van der Waals surface area contributed by atoms with Crippen molar-refractivity contribution in [2.24, 2.45) is 5.92 Å². The van der Waals surface area contributed by atoms with Crippen LogP contribution in [-0.4, -0.2) is 26.0 Å². The highest BCUT2D eigenvalue weighted by Gasteiger charge is 2.27. The van der Waals surface area contributed by atoms with Crippen molar-refractivity contribution in [2.75, 3.05) is 5.32 Å². The number of aryl methyl sites for hydroxylation is 3. The number of hydrogen-bond donors (Lipinski definition) is 2. The van der Waals surface area contributed by atoms with Gasteiger partial charge in [0.05, 0.1) is 4.90 Å². The van der Waals surface area contributed by atoms with Crippen molar-refractivity contribution in [1.82, 2.24) is 4.72 Å². The normalized spacial score (nSPS) is 11.9. The molecule has 0 fully saturated rings. The van der Waals surface area contributed by atoms with Gasteiger partial charge in [-0.05, 0) is 91.1 Å². The van der Waals surface area contributed by atoms with Crippen LogP contribution in [0, 0.1) is 12.8 Å². The van der Waals surface area contributed by atoms with Gasteiger partial charge in [-0.2, -0.15) is 0 Å². The third kappa shape index (κ3) is 10.5. The van der Waals surface area contributed by atoms with Crippen molar-refractivity contribution >= 4 is 33.3 Å². The number of rotatable bonds is 17. The maximum Gasteiger partial charge on any atom is 0.264 e. The van der Waals surface area contributed by atoms with Gasteiger partial charge >= 0.3 is 0 Å². The number of sulfonamides is 1. The van der Waals surface area contributed by atoms with E-state index in [-0.39, 0.29) is 23.0 Å². The summed E-state index contributed by atoms with van der Waals surface area (Å²) in [6.45, 7) is 6.00. The first-order valence-corrected chi connectivity index (χ1v) is 18.3. The average molecular weight is 667 g/mol. The zero-order chi connectivity index (χ0) is 34.5. The van der Waals surface area contributed by atoms with Gasteiger partial charge in [-0.25, -0.2) is 13.1 Å². The maximum absolute atomic E-state index is 13.7. The van der Waals surface area contributed by atoms with Gasteiger partial charge in [0.2, 0.25) is 11.8 Å². The molecule has 0 aromatic heterocycles.